The highest BCUT2D eigenvalue weighted by Gasteiger charge is 2.53. The summed E-state index contributed by atoms with van der Waals surface area (Å²) in [6.45, 7) is 1.13. The van der Waals surface area contributed by atoms with Gasteiger partial charge < -0.3 is 20.1 Å². The Morgan fingerprint density at radius 1 is 1.12 bits per heavy atom. The third-order valence-corrected chi connectivity index (χ3v) is 4.01. The van der Waals surface area contributed by atoms with Gasteiger partial charge in [-0.1, -0.05) is 30.3 Å². The Balaban J connectivity index is 2.55. The topological polar surface area (TPSA) is 117 Å². The standard InChI is InChI=1S/C16H24N4O4/c1-14(21,16(22,23)19(2)3)24-15(17,12-8-6-5-7-9-12)13-10-11-18-20(13)4/h5-11,21-23H,17H2,1-4H3. The second-order valence-corrected chi connectivity index (χ2v) is 6.06. The Morgan fingerprint density at radius 3 is 2.17 bits per heavy atom. The van der Waals surface area contributed by atoms with E-state index in [1.807, 2.05) is 6.07 Å². The van der Waals surface area contributed by atoms with E-state index in [4.69, 9.17) is 10.5 Å². The number of nitrogens with two attached hydrogens (primary N) is 1. The lowest BCUT2D eigenvalue weighted by molar-refractivity contribution is -0.428. The summed E-state index contributed by atoms with van der Waals surface area (Å²) in [4.78, 5) is 1.02. The lowest BCUT2D eigenvalue weighted by Gasteiger charge is -2.45. The summed E-state index contributed by atoms with van der Waals surface area (Å²) < 4.78 is 7.19. The van der Waals surface area contributed by atoms with Crippen molar-refractivity contribution in [3.8, 4) is 0 Å². The van der Waals surface area contributed by atoms with Gasteiger partial charge >= 0.3 is 0 Å². The van der Waals surface area contributed by atoms with Crippen LogP contribution in [0.4, 0.5) is 0 Å². The summed E-state index contributed by atoms with van der Waals surface area (Å²) in [5.41, 5.74) is 5.77. The Morgan fingerprint density at radius 2 is 1.71 bits per heavy atom. The molecule has 2 rings (SSSR count). The lowest BCUT2D eigenvalue weighted by atomic mass is 9.99. The maximum atomic E-state index is 10.6. The number of aromatic nitrogens is 2. The highest BCUT2D eigenvalue weighted by atomic mass is 16.7. The number of likely N-dealkylation sites (N-methyl/N-ethyl adjacent to an activating group) is 1. The van der Waals surface area contributed by atoms with Crippen LogP contribution in [-0.4, -0.2) is 55.8 Å². The zero-order chi connectivity index (χ0) is 18.2. The van der Waals surface area contributed by atoms with E-state index in [9.17, 15) is 15.3 Å². The van der Waals surface area contributed by atoms with Gasteiger partial charge in [-0.05, 0) is 27.1 Å². The molecule has 1 aromatic carbocycles. The molecule has 0 bridgehead atoms. The fourth-order valence-corrected chi connectivity index (χ4v) is 2.48. The molecule has 1 aromatic heterocycles. The Kier molecular flexibility index (Phi) is 4.82. The highest BCUT2D eigenvalue weighted by Crippen LogP contribution is 2.35. The van der Waals surface area contributed by atoms with Crippen LogP contribution in [0.25, 0.3) is 0 Å². The van der Waals surface area contributed by atoms with E-state index in [2.05, 4.69) is 5.10 Å². The Labute approximate surface area is 140 Å². The van der Waals surface area contributed by atoms with Crippen molar-refractivity contribution in [1.29, 1.82) is 0 Å². The molecular formula is C16H24N4O4. The maximum Gasteiger partial charge on any atom is 0.281 e. The van der Waals surface area contributed by atoms with Crippen LogP contribution in [0.15, 0.2) is 42.6 Å². The zero-order valence-electron chi connectivity index (χ0n) is 14.2. The Hall–Kier alpha value is -1.81. The molecule has 8 nitrogen and oxygen atoms in total. The van der Waals surface area contributed by atoms with Gasteiger partial charge in [0, 0.05) is 18.8 Å². The average molecular weight is 336 g/mol. The molecule has 1 heterocycles. The smallest absolute Gasteiger partial charge is 0.281 e. The van der Waals surface area contributed by atoms with Crippen molar-refractivity contribution in [2.45, 2.75) is 24.3 Å². The molecule has 2 unspecified atom stereocenters. The van der Waals surface area contributed by atoms with Crippen LogP contribution < -0.4 is 5.73 Å². The predicted molar refractivity (Wildman–Crippen MR) is 87.2 cm³/mol. The number of rotatable bonds is 6. The molecule has 0 fully saturated rings. The van der Waals surface area contributed by atoms with Gasteiger partial charge in [-0.2, -0.15) is 5.10 Å². The van der Waals surface area contributed by atoms with E-state index in [1.54, 1.807) is 37.4 Å². The van der Waals surface area contributed by atoms with E-state index in [0.29, 0.717) is 11.3 Å². The molecule has 24 heavy (non-hydrogen) atoms. The molecular weight excluding hydrogens is 312 g/mol. The molecule has 0 aliphatic heterocycles. The van der Waals surface area contributed by atoms with Crippen molar-refractivity contribution in [2.75, 3.05) is 14.1 Å². The summed E-state index contributed by atoms with van der Waals surface area (Å²) in [6.07, 6.45) is 1.54. The van der Waals surface area contributed by atoms with Gasteiger partial charge in [0.05, 0.1) is 5.69 Å². The fraction of sp³-hybridized carbons (Fsp3) is 0.438. The van der Waals surface area contributed by atoms with Gasteiger partial charge in [0.1, 0.15) is 0 Å². The molecule has 0 saturated heterocycles. The molecule has 5 N–H and O–H groups in total. The minimum atomic E-state index is -2.68. The first-order valence-electron chi connectivity index (χ1n) is 7.40. The van der Waals surface area contributed by atoms with E-state index in [-0.39, 0.29) is 0 Å². The summed E-state index contributed by atoms with van der Waals surface area (Å²) in [7, 11) is 4.46. The van der Waals surface area contributed by atoms with Gasteiger partial charge in [-0.15, -0.1) is 0 Å². The van der Waals surface area contributed by atoms with Gasteiger partial charge in [0.2, 0.25) is 5.79 Å². The summed E-state index contributed by atoms with van der Waals surface area (Å²) >= 11 is 0. The van der Waals surface area contributed by atoms with E-state index in [0.717, 1.165) is 11.8 Å². The van der Waals surface area contributed by atoms with Crippen molar-refractivity contribution in [2.24, 2.45) is 12.8 Å². The molecule has 0 saturated carbocycles. The second-order valence-electron chi connectivity index (χ2n) is 6.06. The number of nitrogens with zero attached hydrogens (tertiary/aromatic N) is 3. The molecule has 0 radical (unpaired) electrons. The quantitative estimate of drug-likeness (QED) is 0.526. The first kappa shape index (κ1) is 18.5. The van der Waals surface area contributed by atoms with Gasteiger partial charge in [0.25, 0.3) is 5.91 Å². The SMILES string of the molecule is CN(C)C(O)(O)C(C)(O)OC(N)(c1ccccc1)c1ccnn1C. The molecule has 0 aliphatic carbocycles. The first-order chi connectivity index (χ1) is 11.0. The number of aliphatic hydroxyl groups is 3. The van der Waals surface area contributed by atoms with Crippen molar-refractivity contribution < 1.29 is 20.1 Å². The molecule has 0 amide bonds. The Bertz CT molecular complexity index is 684. The predicted octanol–water partition coefficient (Wildman–Crippen LogP) is -0.495. The molecule has 2 aromatic rings. The van der Waals surface area contributed by atoms with Crippen molar-refractivity contribution >= 4 is 0 Å². The third-order valence-electron chi connectivity index (χ3n) is 4.01. The van der Waals surface area contributed by atoms with Gasteiger partial charge in [-0.3, -0.25) is 15.3 Å². The van der Waals surface area contributed by atoms with E-state index >= 15 is 0 Å². The normalized spacial score (nSPS) is 17.5. The fourth-order valence-electron chi connectivity index (χ4n) is 2.48. The van der Waals surface area contributed by atoms with Crippen LogP contribution in [0.3, 0.4) is 0 Å². The van der Waals surface area contributed by atoms with Crippen LogP contribution in [0.5, 0.6) is 0 Å². The number of ether oxygens (including phenoxy) is 1. The van der Waals surface area contributed by atoms with Crippen LogP contribution in [-0.2, 0) is 17.5 Å². The number of aryl methyl sites for hydroxylation is 1. The molecule has 8 heteroatoms. The molecule has 2 atom stereocenters. The monoisotopic (exact) mass is 336 g/mol. The molecule has 0 aliphatic rings. The van der Waals surface area contributed by atoms with Gasteiger partial charge in [0.15, 0.2) is 5.72 Å². The summed E-state index contributed by atoms with van der Waals surface area (Å²) in [5, 5.41) is 35.2. The van der Waals surface area contributed by atoms with E-state index in [1.165, 1.54) is 25.0 Å². The summed E-state index contributed by atoms with van der Waals surface area (Å²) in [5.74, 6) is -5.09. The van der Waals surface area contributed by atoms with Crippen LogP contribution in [0.1, 0.15) is 18.2 Å². The minimum absolute atomic E-state index is 0.434. The minimum Gasteiger partial charge on any atom is -0.360 e. The van der Waals surface area contributed by atoms with Gasteiger partial charge in [-0.25, -0.2) is 0 Å². The van der Waals surface area contributed by atoms with Crippen LogP contribution in [0, 0.1) is 0 Å². The second kappa shape index (κ2) is 6.25. The molecule has 0 spiro atoms. The summed E-state index contributed by atoms with van der Waals surface area (Å²) in [6, 6.07) is 10.4. The van der Waals surface area contributed by atoms with Crippen molar-refractivity contribution in [3.05, 3.63) is 53.9 Å². The highest BCUT2D eigenvalue weighted by molar-refractivity contribution is 5.31. The zero-order valence-corrected chi connectivity index (χ0v) is 14.2. The van der Waals surface area contributed by atoms with Crippen molar-refractivity contribution in [1.82, 2.24) is 14.7 Å². The number of hydrogen-bond acceptors (Lipinski definition) is 7. The first-order valence-corrected chi connectivity index (χ1v) is 7.40. The van der Waals surface area contributed by atoms with E-state index < -0.39 is 17.4 Å². The third kappa shape index (κ3) is 3.07. The molecule has 132 valence electrons. The lowest BCUT2D eigenvalue weighted by Crippen LogP contribution is -2.65. The largest absolute Gasteiger partial charge is 0.360 e. The van der Waals surface area contributed by atoms with Crippen LogP contribution in [0.2, 0.25) is 0 Å². The van der Waals surface area contributed by atoms with Crippen LogP contribution >= 0.6 is 0 Å². The number of benzene rings is 1. The van der Waals surface area contributed by atoms with Crippen molar-refractivity contribution in [3.63, 3.8) is 0 Å². The average Bonchev–Trinajstić information content (AvgIpc) is 2.94. The maximum absolute atomic E-state index is 10.6. The number of hydrogen-bond donors (Lipinski definition) is 4.